The van der Waals surface area contributed by atoms with Crippen LogP contribution in [0.3, 0.4) is 0 Å². The van der Waals surface area contributed by atoms with Crippen LogP contribution < -0.4 is 10.0 Å². The molecule has 0 aliphatic carbocycles. The Morgan fingerprint density at radius 2 is 2.14 bits per heavy atom. The number of aryl methyl sites for hydroxylation is 1. The number of nitro groups is 1. The number of piperidine rings is 1. The van der Waals surface area contributed by atoms with E-state index in [2.05, 4.69) is 10.0 Å². The van der Waals surface area contributed by atoms with Crippen LogP contribution in [0.4, 0.5) is 5.69 Å². The maximum Gasteiger partial charge on any atom is 0.289 e. The van der Waals surface area contributed by atoms with Crippen molar-refractivity contribution in [3.05, 3.63) is 32.8 Å². The standard InChI is InChI=1S/C13H18ClN3O4S/c1-8-5-11(17(18)19)13(14)12(6-8)22(20,21)16-10-3-4-15-9(2)7-10/h5-6,9-10,15-16H,3-4,7H2,1-2H3. The summed E-state index contributed by atoms with van der Waals surface area (Å²) in [5, 5.41) is 13.9. The third-order valence-electron chi connectivity index (χ3n) is 3.60. The fraction of sp³-hybridized carbons (Fsp3) is 0.538. The van der Waals surface area contributed by atoms with Gasteiger partial charge in [0.2, 0.25) is 10.0 Å². The van der Waals surface area contributed by atoms with Gasteiger partial charge in [-0.25, -0.2) is 13.1 Å². The summed E-state index contributed by atoms with van der Waals surface area (Å²) >= 11 is 5.93. The highest BCUT2D eigenvalue weighted by molar-refractivity contribution is 7.89. The number of nitrogens with one attached hydrogen (secondary N) is 2. The molecule has 1 aliphatic rings. The number of benzene rings is 1. The SMILES string of the molecule is Cc1cc([N+](=O)[O-])c(Cl)c(S(=O)(=O)NC2CCNC(C)C2)c1. The van der Waals surface area contributed by atoms with E-state index >= 15 is 0 Å². The molecule has 0 saturated carbocycles. The van der Waals surface area contributed by atoms with Gasteiger partial charge in [0.05, 0.1) is 4.92 Å². The third kappa shape index (κ3) is 3.75. The molecule has 2 atom stereocenters. The lowest BCUT2D eigenvalue weighted by Crippen LogP contribution is -2.46. The van der Waals surface area contributed by atoms with Crippen molar-refractivity contribution in [3.8, 4) is 0 Å². The average molecular weight is 348 g/mol. The lowest BCUT2D eigenvalue weighted by molar-refractivity contribution is -0.385. The fourth-order valence-corrected chi connectivity index (χ4v) is 4.51. The summed E-state index contributed by atoms with van der Waals surface area (Å²) in [4.78, 5) is 10.1. The molecule has 0 aromatic heterocycles. The smallest absolute Gasteiger partial charge is 0.289 e. The molecule has 0 amide bonds. The average Bonchev–Trinajstić information content (AvgIpc) is 2.40. The van der Waals surface area contributed by atoms with Crippen molar-refractivity contribution in [3.63, 3.8) is 0 Å². The van der Waals surface area contributed by atoms with E-state index in [1.54, 1.807) is 6.92 Å². The number of nitro benzene ring substituents is 1. The summed E-state index contributed by atoms with van der Waals surface area (Å²) in [5.74, 6) is 0. The van der Waals surface area contributed by atoms with Crippen LogP contribution in [0.2, 0.25) is 5.02 Å². The minimum Gasteiger partial charge on any atom is -0.314 e. The van der Waals surface area contributed by atoms with E-state index < -0.39 is 20.6 Å². The summed E-state index contributed by atoms with van der Waals surface area (Å²) < 4.78 is 27.6. The fourth-order valence-electron chi connectivity index (χ4n) is 2.57. The Hall–Kier alpha value is -1.22. The van der Waals surface area contributed by atoms with E-state index in [0.29, 0.717) is 18.4 Å². The topological polar surface area (TPSA) is 101 Å². The first kappa shape index (κ1) is 17.1. The molecule has 1 saturated heterocycles. The molecule has 1 aromatic carbocycles. The van der Waals surface area contributed by atoms with Crippen molar-refractivity contribution in [2.45, 2.75) is 43.7 Å². The van der Waals surface area contributed by atoms with Gasteiger partial charge in [-0.3, -0.25) is 10.1 Å². The molecule has 22 heavy (non-hydrogen) atoms. The molecular weight excluding hydrogens is 330 g/mol. The molecule has 122 valence electrons. The Labute approximate surface area is 134 Å². The normalized spacial score (nSPS) is 22.5. The minimum atomic E-state index is -3.91. The second-order valence-electron chi connectivity index (χ2n) is 5.55. The number of sulfonamides is 1. The van der Waals surface area contributed by atoms with Gasteiger partial charge in [-0.15, -0.1) is 0 Å². The first-order chi connectivity index (χ1) is 10.2. The van der Waals surface area contributed by atoms with Gasteiger partial charge in [0.1, 0.15) is 9.92 Å². The van der Waals surface area contributed by atoms with Gasteiger partial charge in [0, 0.05) is 18.2 Å². The molecular formula is C13H18ClN3O4S. The molecule has 0 spiro atoms. The van der Waals surface area contributed by atoms with Crippen LogP contribution in [0.1, 0.15) is 25.3 Å². The van der Waals surface area contributed by atoms with E-state index in [1.165, 1.54) is 12.1 Å². The summed E-state index contributed by atoms with van der Waals surface area (Å²) in [6.07, 6.45) is 1.32. The number of nitrogens with zero attached hydrogens (tertiary/aromatic N) is 1. The number of hydrogen-bond donors (Lipinski definition) is 2. The van der Waals surface area contributed by atoms with Crippen LogP contribution in [0, 0.1) is 17.0 Å². The van der Waals surface area contributed by atoms with Gasteiger partial charge >= 0.3 is 0 Å². The minimum absolute atomic E-state index is 0.211. The Kier molecular flexibility index (Phi) is 5.06. The van der Waals surface area contributed by atoms with E-state index in [0.717, 1.165) is 6.54 Å². The predicted molar refractivity (Wildman–Crippen MR) is 83.7 cm³/mol. The van der Waals surface area contributed by atoms with Crippen molar-refractivity contribution in [2.24, 2.45) is 0 Å². The summed E-state index contributed by atoms with van der Waals surface area (Å²) in [7, 11) is -3.91. The molecule has 0 bridgehead atoms. The lowest BCUT2D eigenvalue weighted by Gasteiger charge is -2.28. The van der Waals surface area contributed by atoms with Gasteiger partial charge in [-0.1, -0.05) is 11.6 Å². The summed E-state index contributed by atoms with van der Waals surface area (Å²) in [6.45, 7) is 4.29. The van der Waals surface area contributed by atoms with E-state index in [1.807, 2.05) is 6.92 Å². The summed E-state index contributed by atoms with van der Waals surface area (Å²) in [5.41, 5.74) is 0.0656. The van der Waals surface area contributed by atoms with Crippen molar-refractivity contribution in [1.82, 2.24) is 10.0 Å². The second kappa shape index (κ2) is 6.49. The first-order valence-electron chi connectivity index (χ1n) is 6.91. The van der Waals surface area contributed by atoms with Gasteiger partial charge in [0.15, 0.2) is 0 Å². The van der Waals surface area contributed by atoms with Crippen LogP contribution in [0.15, 0.2) is 17.0 Å². The molecule has 1 aromatic rings. The lowest BCUT2D eigenvalue weighted by atomic mass is 10.0. The zero-order valence-electron chi connectivity index (χ0n) is 12.3. The van der Waals surface area contributed by atoms with Gasteiger partial charge in [-0.2, -0.15) is 0 Å². The van der Waals surface area contributed by atoms with Crippen LogP contribution in [-0.2, 0) is 10.0 Å². The van der Waals surface area contributed by atoms with Crippen molar-refractivity contribution in [1.29, 1.82) is 0 Å². The number of rotatable bonds is 4. The van der Waals surface area contributed by atoms with E-state index in [-0.39, 0.29) is 22.0 Å². The molecule has 2 N–H and O–H groups in total. The second-order valence-corrected chi connectivity index (χ2v) is 7.61. The Balaban J connectivity index is 2.35. The molecule has 7 nitrogen and oxygen atoms in total. The Morgan fingerprint density at radius 1 is 1.45 bits per heavy atom. The van der Waals surface area contributed by atoms with Crippen molar-refractivity contribution >= 4 is 27.3 Å². The third-order valence-corrected chi connectivity index (χ3v) is 5.65. The molecule has 1 fully saturated rings. The highest BCUT2D eigenvalue weighted by Gasteiger charge is 2.29. The monoisotopic (exact) mass is 347 g/mol. The van der Waals surface area contributed by atoms with Crippen molar-refractivity contribution in [2.75, 3.05) is 6.54 Å². The van der Waals surface area contributed by atoms with E-state index in [9.17, 15) is 18.5 Å². The van der Waals surface area contributed by atoms with Gasteiger partial charge in [0.25, 0.3) is 5.69 Å². The quantitative estimate of drug-likeness (QED) is 0.640. The molecule has 1 heterocycles. The molecule has 1 aliphatic heterocycles. The molecule has 0 radical (unpaired) electrons. The summed E-state index contributed by atoms with van der Waals surface area (Å²) in [6, 6.07) is 2.61. The highest BCUT2D eigenvalue weighted by atomic mass is 35.5. The van der Waals surface area contributed by atoms with Crippen LogP contribution in [0.25, 0.3) is 0 Å². The highest BCUT2D eigenvalue weighted by Crippen LogP contribution is 2.32. The van der Waals surface area contributed by atoms with E-state index in [4.69, 9.17) is 11.6 Å². The van der Waals surface area contributed by atoms with Crippen LogP contribution >= 0.6 is 11.6 Å². The van der Waals surface area contributed by atoms with Gasteiger partial charge < -0.3 is 5.32 Å². The molecule has 2 unspecified atom stereocenters. The predicted octanol–water partition coefficient (Wildman–Crippen LogP) is 1.98. The maximum atomic E-state index is 12.5. The van der Waals surface area contributed by atoms with Crippen LogP contribution in [0.5, 0.6) is 0 Å². The van der Waals surface area contributed by atoms with Gasteiger partial charge in [-0.05, 0) is 44.9 Å². The Morgan fingerprint density at radius 3 is 2.73 bits per heavy atom. The number of hydrogen-bond acceptors (Lipinski definition) is 5. The first-order valence-corrected chi connectivity index (χ1v) is 8.77. The van der Waals surface area contributed by atoms with Crippen molar-refractivity contribution < 1.29 is 13.3 Å². The van der Waals surface area contributed by atoms with Crippen LogP contribution in [-0.4, -0.2) is 32.0 Å². The molecule has 9 heteroatoms. The zero-order chi connectivity index (χ0) is 16.5. The molecule has 2 rings (SSSR count). The Bertz CT molecular complexity index is 693. The largest absolute Gasteiger partial charge is 0.314 e. The maximum absolute atomic E-state index is 12.5. The zero-order valence-corrected chi connectivity index (χ0v) is 13.9. The number of halogens is 1.